The highest BCUT2D eigenvalue weighted by Gasteiger charge is 2.27. The van der Waals surface area contributed by atoms with Crippen LogP contribution in [0.4, 0.5) is 4.39 Å². The predicted molar refractivity (Wildman–Crippen MR) is 72.4 cm³/mol. The predicted octanol–water partition coefficient (Wildman–Crippen LogP) is 3.24. The average molecular weight is 306 g/mol. The summed E-state index contributed by atoms with van der Waals surface area (Å²) >= 11 is 11.1. The molecule has 0 bridgehead atoms. The zero-order valence-corrected chi connectivity index (χ0v) is 11.7. The molecule has 1 aromatic rings. The van der Waals surface area contributed by atoms with Gasteiger partial charge < -0.3 is 9.64 Å². The maximum absolute atomic E-state index is 12.7. The number of nitrogens with zero attached hydrogens (tertiary/aromatic N) is 1. The van der Waals surface area contributed by atoms with Crippen LogP contribution in [-0.2, 0) is 4.79 Å². The van der Waals surface area contributed by atoms with Crippen LogP contribution in [0.3, 0.4) is 0 Å². The topological polar surface area (TPSA) is 29.5 Å². The summed E-state index contributed by atoms with van der Waals surface area (Å²) in [6.07, 6.45) is 1.26. The molecule has 0 saturated carbocycles. The molecule has 2 rings (SSSR count). The summed E-state index contributed by atoms with van der Waals surface area (Å²) in [5.74, 6) is -0.0347. The minimum atomic E-state index is -1.96. The summed E-state index contributed by atoms with van der Waals surface area (Å²) in [5.41, 5.74) is -1.96. The van der Waals surface area contributed by atoms with Crippen LogP contribution in [0.25, 0.3) is 0 Å². The van der Waals surface area contributed by atoms with E-state index in [1.807, 2.05) is 12.1 Å². The average Bonchev–Trinajstić information content (AvgIpc) is 2.41. The number of benzene rings is 1. The molecule has 1 amide bonds. The van der Waals surface area contributed by atoms with E-state index >= 15 is 0 Å². The lowest BCUT2D eigenvalue weighted by Crippen LogP contribution is -2.44. The van der Waals surface area contributed by atoms with Crippen molar-refractivity contribution in [2.75, 3.05) is 13.1 Å². The summed E-state index contributed by atoms with van der Waals surface area (Å²) < 4.78 is 18.5. The highest BCUT2D eigenvalue weighted by molar-refractivity contribution is 6.32. The van der Waals surface area contributed by atoms with E-state index in [2.05, 4.69) is 0 Å². The Morgan fingerprint density at radius 2 is 2.00 bits per heavy atom. The Morgan fingerprint density at radius 1 is 1.37 bits per heavy atom. The van der Waals surface area contributed by atoms with Gasteiger partial charge in [-0.1, -0.05) is 35.3 Å². The normalized spacial score (nSPS) is 18.2. The zero-order valence-electron chi connectivity index (χ0n) is 10.2. The third-order valence-corrected chi connectivity index (χ3v) is 3.57. The Morgan fingerprint density at radius 3 is 2.58 bits per heavy atom. The molecule has 1 heterocycles. The van der Waals surface area contributed by atoms with Gasteiger partial charge >= 0.3 is 0 Å². The van der Waals surface area contributed by atoms with E-state index in [1.54, 1.807) is 12.1 Å². The second-order valence-corrected chi connectivity index (χ2v) is 5.16. The van der Waals surface area contributed by atoms with Crippen molar-refractivity contribution in [1.82, 2.24) is 4.90 Å². The van der Waals surface area contributed by atoms with Gasteiger partial charge in [-0.25, -0.2) is 4.39 Å². The second kappa shape index (κ2) is 6.44. The van der Waals surface area contributed by atoms with E-state index in [0.29, 0.717) is 36.7 Å². The molecule has 0 aromatic heterocycles. The lowest BCUT2D eigenvalue weighted by Gasteiger charge is -2.32. The first-order valence-electron chi connectivity index (χ1n) is 6.06. The standard InChI is InChI=1S/C13H14Cl2FNO2/c14-10-3-1-2-4-11(10)19-9-5-7-17(8-6-9)13(18)12(15)16/h1-4,9,12H,5-8H2. The van der Waals surface area contributed by atoms with E-state index in [-0.39, 0.29) is 6.10 Å². The number of likely N-dealkylation sites (tertiary alicyclic amines) is 1. The van der Waals surface area contributed by atoms with Gasteiger partial charge in [-0.05, 0) is 12.1 Å². The van der Waals surface area contributed by atoms with Crippen LogP contribution in [0.5, 0.6) is 5.75 Å². The van der Waals surface area contributed by atoms with Gasteiger partial charge in [-0.15, -0.1) is 0 Å². The number of hydrogen-bond acceptors (Lipinski definition) is 2. The molecule has 0 spiro atoms. The van der Waals surface area contributed by atoms with Crippen LogP contribution in [0, 0.1) is 0 Å². The summed E-state index contributed by atoms with van der Waals surface area (Å²) in [6.45, 7) is 0.891. The first kappa shape index (κ1) is 14.4. The highest BCUT2D eigenvalue weighted by atomic mass is 35.5. The minimum absolute atomic E-state index is 0.0164. The summed E-state index contributed by atoms with van der Waals surface area (Å²) in [5, 5.41) is 0.561. The van der Waals surface area contributed by atoms with Crippen molar-refractivity contribution >= 4 is 29.1 Å². The lowest BCUT2D eigenvalue weighted by atomic mass is 10.1. The third-order valence-electron chi connectivity index (χ3n) is 3.07. The number of carbonyl (C=O) groups excluding carboxylic acids is 1. The molecule has 3 nitrogen and oxygen atoms in total. The van der Waals surface area contributed by atoms with Crippen molar-refractivity contribution in [3.63, 3.8) is 0 Å². The van der Waals surface area contributed by atoms with E-state index in [1.165, 1.54) is 4.90 Å². The third kappa shape index (κ3) is 3.74. The van der Waals surface area contributed by atoms with E-state index in [0.717, 1.165) is 0 Å². The number of rotatable bonds is 3. The van der Waals surface area contributed by atoms with Crippen molar-refractivity contribution in [3.05, 3.63) is 29.3 Å². The van der Waals surface area contributed by atoms with E-state index < -0.39 is 11.5 Å². The molecule has 0 radical (unpaired) electrons. The van der Waals surface area contributed by atoms with Gasteiger partial charge in [0.1, 0.15) is 11.9 Å². The Bertz CT molecular complexity index is 448. The van der Waals surface area contributed by atoms with Crippen LogP contribution >= 0.6 is 23.2 Å². The SMILES string of the molecule is O=C(C(F)Cl)N1CCC(Oc2ccccc2Cl)CC1. The van der Waals surface area contributed by atoms with Gasteiger partial charge in [0.05, 0.1) is 5.02 Å². The van der Waals surface area contributed by atoms with Crippen molar-refractivity contribution in [1.29, 1.82) is 0 Å². The molecular formula is C13H14Cl2FNO2. The van der Waals surface area contributed by atoms with Crippen molar-refractivity contribution in [2.24, 2.45) is 0 Å². The van der Waals surface area contributed by atoms with Gasteiger partial charge in [0.25, 0.3) is 11.5 Å². The van der Waals surface area contributed by atoms with Gasteiger partial charge in [-0.3, -0.25) is 4.79 Å². The number of halogens is 3. The molecule has 19 heavy (non-hydrogen) atoms. The van der Waals surface area contributed by atoms with Crippen molar-refractivity contribution < 1.29 is 13.9 Å². The molecule has 1 aliphatic rings. The monoisotopic (exact) mass is 305 g/mol. The smallest absolute Gasteiger partial charge is 0.272 e. The molecule has 1 saturated heterocycles. The molecule has 1 atom stereocenters. The molecule has 1 aromatic carbocycles. The van der Waals surface area contributed by atoms with Crippen molar-refractivity contribution in [2.45, 2.75) is 24.6 Å². The van der Waals surface area contributed by atoms with E-state index in [4.69, 9.17) is 27.9 Å². The maximum Gasteiger partial charge on any atom is 0.272 e. The summed E-state index contributed by atoms with van der Waals surface area (Å²) in [6, 6.07) is 7.24. The highest BCUT2D eigenvalue weighted by Crippen LogP contribution is 2.27. The Balaban J connectivity index is 1.87. The Labute approximate surface area is 121 Å². The number of piperidine rings is 1. The lowest BCUT2D eigenvalue weighted by molar-refractivity contribution is -0.135. The second-order valence-electron chi connectivity index (χ2n) is 4.37. The quantitative estimate of drug-likeness (QED) is 0.802. The summed E-state index contributed by atoms with van der Waals surface area (Å²) in [7, 11) is 0. The fourth-order valence-corrected chi connectivity index (χ4v) is 2.37. The fraction of sp³-hybridized carbons (Fsp3) is 0.462. The van der Waals surface area contributed by atoms with Gasteiger partial charge in [0.15, 0.2) is 0 Å². The van der Waals surface area contributed by atoms with Crippen LogP contribution in [0.2, 0.25) is 5.02 Å². The molecule has 1 unspecified atom stereocenters. The Kier molecular flexibility index (Phi) is 4.88. The number of hydrogen-bond donors (Lipinski definition) is 0. The Hall–Kier alpha value is -1.00. The molecule has 0 aliphatic carbocycles. The van der Waals surface area contributed by atoms with E-state index in [9.17, 15) is 9.18 Å². The zero-order chi connectivity index (χ0) is 13.8. The molecule has 1 aliphatic heterocycles. The fourth-order valence-electron chi connectivity index (χ4n) is 2.05. The van der Waals surface area contributed by atoms with Gasteiger partial charge in [-0.2, -0.15) is 0 Å². The van der Waals surface area contributed by atoms with Gasteiger partial charge in [0, 0.05) is 25.9 Å². The molecule has 6 heteroatoms. The number of para-hydroxylation sites is 1. The largest absolute Gasteiger partial charge is 0.489 e. The van der Waals surface area contributed by atoms with Crippen LogP contribution in [0.1, 0.15) is 12.8 Å². The van der Waals surface area contributed by atoms with Crippen LogP contribution in [0.15, 0.2) is 24.3 Å². The molecular weight excluding hydrogens is 292 g/mol. The number of carbonyl (C=O) groups is 1. The summed E-state index contributed by atoms with van der Waals surface area (Å²) in [4.78, 5) is 12.8. The minimum Gasteiger partial charge on any atom is -0.489 e. The molecule has 1 fully saturated rings. The first-order chi connectivity index (χ1) is 9.08. The van der Waals surface area contributed by atoms with Crippen LogP contribution in [-0.4, -0.2) is 35.6 Å². The van der Waals surface area contributed by atoms with Crippen molar-refractivity contribution in [3.8, 4) is 5.75 Å². The molecule has 104 valence electrons. The number of alkyl halides is 2. The maximum atomic E-state index is 12.7. The van der Waals surface area contributed by atoms with Gasteiger partial charge in [0.2, 0.25) is 0 Å². The molecule has 0 N–H and O–H groups in total. The number of ether oxygens (including phenoxy) is 1. The van der Waals surface area contributed by atoms with Crippen LogP contribution < -0.4 is 4.74 Å². The number of amides is 1. The first-order valence-corrected chi connectivity index (χ1v) is 6.87.